The summed E-state index contributed by atoms with van der Waals surface area (Å²) in [5.41, 5.74) is 1.36. The van der Waals surface area contributed by atoms with Gasteiger partial charge in [0, 0.05) is 33.3 Å². The van der Waals surface area contributed by atoms with Crippen LogP contribution in [0.4, 0.5) is 4.79 Å². The molecule has 34 heavy (non-hydrogen) atoms. The number of likely N-dealkylation sites (tertiary alicyclic amines) is 1. The number of rotatable bonds is 9. The number of hydrogen-bond acceptors (Lipinski definition) is 5. The third kappa shape index (κ3) is 7.35. The minimum Gasteiger partial charge on any atom is -0.478 e. The highest BCUT2D eigenvalue weighted by Gasteiger charge is 2.27. The number of benzene rings is 1. The van der Waals surface area contributed by atoms with E-state index in [0.29, 0.717) is 36.5 Å². The molecule has 1 aliphatic rings. The quantitative estimate of drug-likeness (QED) is 0.355. The van der Waals surface area contributed by atoms with Crippen molar-refractivity contribution in [1.82, 2.24) is 14.8 Å². The maximum absolute atomic E-state index is 12.4. The number of halogens is 1. The molecular formula is C26H34ClN3O4. The maximum atomic E-state index is 12.4. The van der Waals surface area contributed by atoms with Crippen molar-refractivity contribution in [3.63, 3.8) is 0 Å². The molecule has 0 N–H and O–H groups in total. The molecule has 3 rings (SSSR count). The molecule has 1 aromatic heterocycles. The van der Waals surface area contributed by atoms with E-state index in [2.05, 4.69) is 11.9 Å². The van der Waals surface area contributed by atoms with Crippen LogP contribution in [0.25, 0.3) is 0 Å². The molecule has 2 heterocycles. The molecule has 0 radical (unpaired) electrons. The topological polar surface area (TPSA) is 72.0 Å². The summed E-state index contributed by atoms with van der Waals surface area (Å²) in [6.07, 6.45) is 3.68. The second-order valence-electron chi connectivity index (χ2n) is 9.02. The van der Waals surface area contributed by atoms with E-state index in [9.17, 15) is 9.59 Å². The van der Waals surface area contributed by atoms with Gasteiger partial charge in [0.15, 0.2) is 0 Å². The van der Waals surface area contributed by atoms with Crippen LogP contribution < -0.4 is 4.74 Å². The largest absolute Gasteiger partial charge is 0.478 e. The van der Waals surface area contributed by atoms with Crippen LogP contribution in [0.1, 0.15) is 48.5 Å². The molecule has 0 aliphatic carbocycles. The monoisotopic (exact) mass is 487 g/mol. The summed E-state index contributed by atoms with van der Waals surface area (Å²) in [5.74, 6) is 1.37. The lowest BCUT2D eigenvalue weighted by atomic mass is 9.83. The summed E-state index contributed by atoms with van der Waals surface area (Å²) in [6, 6.07) is 13.1. The summed E-state index contributed by atoms with van der Waals surface area (Å²) < 4.78 is 11.2. The first-order chi connectivity index (χ1) is 16.3. The number of pyridine rings is 1. The minimum absolute atomic E-state index is 0.152. The van der Waals surface area contributed by atoms with Gasteiger partial charge < -0.3 is 19.3 Å². The van der Waals surface area contributed by atoms with Crippen molar-refractivity contribution in [3.8, 4) is 5.88 Å². The van der Waals surface area contributed by atoms with Crippen molar-refractivity contribution in [2.24, 2.45) is 11.8 Å². The zero-order valence-corrected chi connectivity index (χ0v) is 21.0. The zero-order valence-electron chi connectivity index (χ0n) is 20.2. The third-order valence-corrected chi connectivity index (χ3v) is 6.61. The second-order valence-corrected chi connectivity index (χ2v) is 9.38. The predicted molar refractivity (Wildman–Crippen MR) is 132 cm³/mol. The molecule has 184 valence electrons. The Morgan fingerprint density at radius 3 is 2.50 bits per heavy atom. The number of aromatic nitrogens is 1. The van der Waals surface area contributed by atoms with Crippen LogP contribution in [-0.4, -0.2) is 60.6 Å². The molecule has 1 aromatic carbocycles. The number of piperidine rings is 1. The Kier molecular flexibility index (Phi) is 9.57. The fourth-order valence-electron chi connectivity index (χ4n) is 4.18. The van der Waals surface area contributed by atoms with Crippen LogP contribution >= 0.6 is 11.6 Å². The Morgan fingerprint density at radius 1 is 1.15 bits per heavy atom. The Balaban J connectivity index is 1.34. The minimum atomic E-state index is -0.229. The van der Waals surface area contributed by atoms with Gasteiger partial charge in [-0.05, 0) is 49.1 Å². The van der Waals surface area contributed by atoms with Crippen LogP contribution in [0.2, 0.25) is 5.15 Å². The molecular weight excluding hydrogens is 454 g/mol. The van der Waals surface area contributed by atoms with Gasteiger partial charge in [0.25, 0.3) is 5.91 Å². The number of ether oxygens (including phenoxy) is 2. The van der Waals surface area contributed by atoms with E-state index >= 15 is 0 Å². The van der Waals surface area contributed by atoms with Gasteiger partial charge in [-0.1, -0.05) is 48.9 Å². The Hall–Kier alpha value is -2.80. The lowest BCUT2D eigenvalue weighted by molar-refractivity contribution is 0.0755. The van der Waals surface area contributed by atoms with Gasteiger partial charge in [-0.2, -0.15) is 0 Å². The number of hydrogen-bond donors (Lipinski definition) is 0. The summed E-state index contributed by atoms with van der Waals surface area (Å²) >= 11 is 6.14. The molecule has 7 nitrogen and oxygen atoms in total. The molecule has 0 bridgehead atoms. The Bertz CT molecular complexity index is 946. The zero-order chi connectivity index (χ0) is 24.5. The van der Waals surface area contributed by atoms with Gasteiger partial charge in [-0.25, -0.2) is 9.78 Å². The number of carbonyl (C=O) groups is 2. The molecule has 2 aromatic rings. The van der Waals surface area contributed by atoms with Crippen molar-refractivity contribution in [2.75, 3.05) is 33.8 Å². The van der Waals surface area contributed by atoms with Gasteiger partial charge in [0.05, 0.1) is 12.2 Å². The van der Waals surface area contributed by atoms with Crippen molar-refractivity contribution in [2.45, 2.75) is 39.2 Å². The molecule has 1 aliphatic heterocycles. The van der Waals surface area contributed by atoms with Crippen LogP contribution in [0, 0.1) is 11.8 Å². The fraction of sp³-hybridized carbons (Fsp3) is 0.500. The second kappa shape index (κ2) is 12.6. The standard InChI is InChI=1S/C26H34ClN3O4/c1-19(8-7-17-33-23-12-11-22(24(27)28-23)25(31)29(2)3)21-13-15-30(16-14-21)26(32)34-18-20-9-5-4-6-10-20/h4-6,9-12,19,21H,7-8,13-18H2,1-3H3/t19-/m0/s1. The van der Waals surface area contributed by atoms with E-state index < -0.39 is 0 Å². The summed E-state index contributed by atoms with van der Waals surface area (Å²) in [6.45, 7) is 4.59. The van der Waals surface area contributed by atoms with Crippen molar-refractivity contribution in [1.29, 1.82) is 0 Å². The molecule has 1 fully saturated rings. The smallest absolute Gasteiger partial charge is 0.410 e. The Morgan fingerprint density at radius 2 is 1.85 bits per heavy atom. The highest BCUT2D eigenvalue weighted by Crippen LogP contribution is 2.28. The molecule has 1 saturated heterocycles. The van der Waals surface area contributed by atoms with E-state index in [0.717, 1.165) is 44.3 Å². The SMILES string of the molecule is C[C@@H](CCCOc1ccc(C(=O)N(C)C)c(Cl)n1)C1CCN(C(=O)OCc2ccccc2)CC1. The van der Waals surface area contributed by atoms with E-state index in [-0.39, 0.29) is 17.2 Å². The highest BCUT2D eigenvalue weighted by atomic mass is 35.5. The van der Waals surface area contributed by atoms with E-state index in [1.807, 2.05) is 35.2 Å². The molecule has 2 amide bonds. The number of amides is 2. The number of nitrogens with zero attached hydrogens (tertiary/aromatic N) is 3. The molecule has 0 spiro atoms. The normalized spacial score (nSPS) is 15.0. The molecule has 8 heteroatoms. The van der Waals surface area contributed by atoms with Gasteiger partial charge in [0.1, 0.15) is 11.8 Å². The van der Waals surface area contributed by atoms with Crippen LogP contribution in [0.5, 0.6) is 5.88 Å². The molecule has 0 unspecified atom stereocenters. The third-order valence-electron chi connectivity index (χ3n) is 6.32. The van der Waals surface area contributed by atoms with E-state index in [1.54, 1.807) is 26.2 Å². The van der Waals surface area contributed by atoms with Crippen molar-refractivity contribution in [3.05, 3.63) is 58.7 Å². The van der Waals surface area contributed by atoms with Crippen molar-refractivity contribution >= 4 is 23.6 Å². The first-order valence-electron chi connectivity index (χ1n) is 11.8. The number of carbonyl (C=O) groups excluding carboxylic acids is 2. The van der Waals surface area contributed by atoms with Crippen LogP contribution in [-0.2, 0) is 11.3 Å². The highest BCUT2D eigenvalue weighted by molar-refractivity contribution is 6.32. The molecule has 1 atom stereocenters. The van der Waals surface area contributed by atoms with Gasteiger partial charge in [0.2, 0.25) is 5.88 Å². The first-order valence-corrected chi connectivity index (χ1v) is 12.2. The predicted octanol–water partition coefficient (Wildman–Crippen LogP) is 5.28. The summed E-state index contributed by atoms with van der Waals surface area (Å²) in [4.78, 5) is 31.9. The maximum Gasteiger partial charge on any atom is 0.410 e. The van der Waals surface area contributed by atoms with Gasteiger partial charge >= 0.3 is 6.09 Å². The lowest BCUT2D eigenvalue weighted by Gasteiger charge is -2.34. The summed E-state index contributed by atoms with van der Waals surface area (Å²) in [5, 5.41) is 0.152. The van der Waals surface area contributed by atoms with Crippen LogP contribution in [0.15, 0.2) is 42.5 Å². The van der Waals surface area contributed by atoms with Gasteiger partial charge in [-0.15, -0.1) is 0 Å². The summed E-state index contributed by atoms with van der Waals surface area (Å²) in [7, 11) is 3.34. The van der Waals surface area contributed by atoms with E-state index in [1.165, 1.54) is 4.90 Å². The Labute approximate surface area is 207 Å². The van der Waals surface area contributed by atoms with Crippen molar-refractivity contribution < 1.29 is 19.1 Å². The van der Waals surface area contributed by atoms with E-state index in [4.69, 9.17) is 21.1 Å². The first kappa shape index (κ1) is 25.8. The average molecular weight is 488 g/mol. The van der Waals surface area contributed by atoms with Crippen LogP contribution in [0.3, 0.4) is 0 Å². The molecule has 0 saturated carbocycles. The average Bonchev–Trinajstić information content (AvgIpc) is 2.85. The fourth-order valence-corrected chi connectivity index (χ4v) is 4.40. The van der Waals surface area contributed by atoms with Gasteiger partial charge in [-0.3, -0.25) is 4.79 Å². The lowest BCUT2D eigenvalue weighted by Crippen LogP contribution is -2.40.